The number of sulfonamides is 1. The Morgan fingerprint density at radius 1 is 1.23 bits per heavy atom. The molecule has 1 aromatic carbocycles. The normalized spacial score (nSPS) is 33.3. The molecule has 2 atom stereocenters. The number of benzene rings is 1. The molecule has 30 heavy (non-hydrogen) atoms. The average molecular weight is 454 g/mol. The first kappa shape index (κ1) is 22.3. The average Bonchev–Trinajstić information content (AvgIpc) is 2.60. The van der Waals surface area contributed by atoms with E-state index in [2.05, 4.69) is 0 Å². The Morgan fingerprint density at radius 2 is 1.83 bits per heavy atom. The monoisotopic (exact) mass is 453 g/mol. The van der Waals surface area contributed by atoms with Crippen molar-refractivity contribution in [3.05, 3.63) is 28.8 Å². The summed E-state index contributed by atoms with van der Waals surface area (Å²) in [7, 11) is -2.42. The van der Waals surface area contributed by atoms with Gasteiger partial charge in [-0.1, -0.05) is 17.7 Å². The molecular formula is C23H32ClNO4S. The van der Waals surface area contributed by atoms with Crippen molar-refractivity contribution in [2.45, 2.75) is 81.8 Å². The summed E-state index contributed by atoms with van der Waals surface area (Å²) in [4.78, 5) is 13.6. The standard InChI is InChI=1S/C23H32ClNO4S/c1-15-18(24)6-5-7-19(15)30(28,29)25(4)21(2,3)20(26)13-22-9-16-8-17(10-22)12-23(27,11-16)14-22/h5-7,16-17,27H,8-14H2,1-4H3. The second-order valence-corrected chi connectivity index (χ2v) is 13.0. The van der Waals surface area contributed by atoms with Crippen LogP contribution in [0.15, 0.2) is 23.1 Å². The van der Waals surface area contributed by atoms with Gasteiger partial charge in [-0.15, -0.1) is 0 Å². The quantitative estimate of drug-likeness (QED) is 0.695. The van der Waals surface area contributed by atoms with Gasteiger partial charge < -0.3 is 5.11 Å². The molecule has 0 aromatic heterocycles. The summed E-state index contributed by atoms with van der Waals surface area (Å²) in [6.45, 7) is 5.04. The maximum atomic E-state index is 13.5. The van der Waals surface area contributed by atoms with Crippen molar-refractivity contribution in [1.82, 2.24) is 4.31 Å². The minimum absolute atomic E-state index is 0.0844. The lowest BCUT2D eigenvalue weighted by Crippen LogP contribution is -2.58. The van der Waals surface area contributed by atoms with Crippen molar-refractivity contribution in [1.29, 1.82) is 0 Å². The van der Waals surface area contributed by atoms with Gasteiger partial charge in [-0.25, -0.2) is 8.42 Å². The van der Waals surface area contributed by atoms with Gasteiger partial charge in [0.15, 0.2) is 5.78 Å². The number of halogens is 1. The molecule has 0 heterocycles. The number of ketones is 1. The second-order valence-electron chi connectivity index (χ2n) is 10.7. The van der Waals surface area contributed by atoms with E-state index in [0.29, 0.717) is 35.3 Å². The van der Waals surface area contributed by atoms with Crippen LogP contribution in [0.3, 0.4) is 0 Å². The zero-order chi connectivity index (χ0) is 22.1. The number of carbonyl (C=O) groups is 1. The molecule has 0 amide bonds. The van der Waals surface area contributed by atoms with Crippen molar-refractivity contribution in [2.75, 3.05) is 7.05 Å². The van der Waals surface area contributed by atoms with E-state index in [0.717, 1.165) is 32.1 Å². The van der Waals surface area contributed by atoms with Crippen LogP contribution in [-0.4, -0.2) is 41.8 Å². The molecule has 166 valence electrons. The second kappa shape index (κ2) is 7.03. The third-order valence-electron chi connectivity index (χ3n) is 8.01. The van der Waals surface area contributed by atoms with Crippen LogP contribution in [0.1, 0.15) is 64.4 Å². The van der Waals surface area contributed by atoms with Crippen LogP contribution < -0.4 is 0 Å². The molecule has 5 rings (SSSR count). The highest BCUT2D eigenvalue weighted by molar-refractivity contribution is 7.89. The highest BCUT2D eigenvalue weighted by atomic mass is 35.5. The van der Waals surface area contributed by atoms with Gasteiger partial charge in [-0.2, -0.15) is 4.31 Å². The number of hydrogen-bond acceptors (Lipinski definition) is 4. The molecule has 2 unspecified atom stereocenters. The number of carbonyl (C=O) groups excluding carboxylic acids is 1. The van der Waals surface area contributed by atoms with Gasteiger partial charge in [0.2, 0.25) is 10.0 Å². The molecule has 4 saturated carbocycles. The Kier molecular flexibility index (Phi) is 5.21. The predicted molar refractivity (Wildman–Crippen MR) is 117 cm³/mol. The largest absolute Gasteiger partial charge is 0.390 e. The fraction of sp³-hybridized carbons (Fsp3) is 0.696. The highest BCUT2D eigenvalue weighted by Crippen LogP contribution is 2.63. The number of likely N-dealkylation sites (N-methyl/N-ethyl adjacent to an activating group) is 1. The van der Waals surface area contributed by atoms with Gasteiger partial charge in [-0.05, 0) is 94.2 Å². The highest BCUT2D eigenvalue weighted by Gasteiger charge is 2.58. The zero-order valence-corrected chi connectivity index (χ0v) is 19.8. The Labute approximate surface area is 184 Å². The Balaban J connectivity index is 1.59. The minimum Gasteiger partial charge on any atom is -0.390 e. The molecule has 4 fully saturated rings. The smallest absolute Gasteiger partial charge is 0.244 e. The SMILES string of the molecule is Cc1c(Cl)cccc1S(=O)(=O)N(C)C(C)(C)C(=O)CC12CC3CC(CC(O)(C3)C1)C2. The Bertz CT molecular complexity index is 973. The maximum Gasteiger partial charge on any atom is 0.244 e. The molecule has 1 N–H and O–H groups in total. The van der Waals surface area contributed by atoms with Gasteiger partial charge in [0.1, 0.15) is 0 Å². The summed E-state index contributed by atoms with van der Waals surface area (Å²) in [6, 6.07) is 4.80. The molecule has 1 aromatic rings. The molecule has 0 radical (unpaired) electrons. The van der Waals surface area contributed by atoms with Crippen molar-refractivity contribution in [3.8, 4) is 0 Å². The van der Waals surface area contributed by atoms with Gasteiger partial charge >= 0.3 is 0 Å². The number of Topliss-reactive ketones (excluding diaryl/α,β-unsaturated/α-hetero) is 1. The first-order valence-corrected chi connectivity index (χ1v) is 12.6. The molecule has 4 aliphatic carbocycles. The van der Waals surface area contributed by atoms with Crippen LogP contribution >= 0.6 is 11.6 Å². The van der Waals surface area contributed by atoms with Gasteiger partial charge in [-0.3, -0.25) is 4.79 Å². The topological polar surface area (TPSA) is 74.7 Å². The molecule has 0 spiro atoms. The maximum absolute atomic E-state index is 13.5. The zero-order valence-electron chi connectivity index (χ0n) is 18.2. The van der Waals surface area contributed by atoms with E-state index in [9.17, 15) is 18.3 Å². The molecule has 0 saturated heterocycles. The lowest BCUT2D eigenvalue weighted by atomic mass is 9.46. The summed E-state index contributed by atoms with van der Waals surface area (Å²) >= 11 is 6.14. The van der Waals surface area contributed by atoms with Crippen LogP contribution in [0.5, 0.6) is 0 Å². The van der Waals surface area contributed by atoms with Crippen LogP contribution in [0, 0.1) is 24.2 Å². The molecule has 4 aliphatic rings. The summed E-state index contributed by atoms with van der Waals surface area (Å²) in [5.74, 6) is 0.893. The van der Waals surface area contributed by atoms with E-state index in [1.165, 1.54) is 17.4 Å². The van der Waals surface area contributed by atoms with E-state index in [1.54, 1.807) is 32.9 Å². The number of rotatable bonds is 6. The van der Waals surface area contributed by atoms with Gasteiger partial charge in [0.05, 0.1) is 16.0 Å². The molecule has 7 heteroatoms. The van der Waals surface area contributed by atoms with Crippen LogP contribution in [-0.2, 0) is 14.8 Å². The van der Waals surface area contributed by atoms with Crippen LogP contribution in [0.25, 0.3) is 0 Å². The van der Waals surface area contributed by atoms with Gasteiger partial charge in [0.25, 0.3) is 0 Å². The molecular weight excluding hydrogens is 422 g/mol. The Morgan fingerprint density at radius 3 is 2.40 bits per heavy atom. The van der Waals surface area contributed by atoms with Gasteiger partial charge in [0, 0.05) is 18.5 Å². The first-order chi connectivity index (χ1) is 13.8. The summed E-state index contributed by atoms with van der Waals surface area (Å²) in [5, 5.41) is 11.4. The number of nitrogens with zero attached hydrogens (tertiary/aromatic N) is 1. The van der Waals surface area contributed by atoms with E-state index in [-0.39, 0.29) is 16.1 Å². The third kappa shape index (κ3) is 3.54. The molecule has 5 nitrogen and oxygen atoms in total. The van der Waals surface area contributed by atoms with E-state index < -0.39 is 21.2 Å². The number of hydrogen-bond donors (Lipinski definition) is 1. The van der Waals surface area contributed by atoms with Crippen molar-refractivity contribution < 1.29 is 18.3 Å². The Hall–Kier alpha value is -0.950. The van der Waals surface area contributed by atoms with E-state index >= 15 is 0 Å². The van der Waals surface area contributed by atoms with Crippen LogP contribution in [0.4, 0.5) is 0 Å². The van der Waals surface area contributed by atoms with Crippen LogP contribution in [0.2, 0.25) is 5.02 Å². The van der Waals surface area contributed by atoms with Crippen molar-refractivity contribution in [3.63, 3.8) is 0 Å². The fourth-order valence-electron chi connectivity index (χ4n) is 6.66. The van der Waals surface area contributed by atoms with Crippen molar-refractivity contribution in [2.24, 2.45) is 17.3 Å². The first-order valence-electron chi connectivity index (χ1n) is 10.8. The predicted octanol–water partition coefficient (Wildman–Crippen LogP) is 4.34. The summed E-state index contributed by atoms with van der Waals surface area (Å²) < 4.78 is 27.9. The lowest BCUT2D eigenvalue weighted by molar-refractivity contribution is -0.170. The fourth-order valence-corrected chi connectivity index (χ4v) is 8.63. The van der Waals surface area contributed by atoms with E-state index in [4.69, 9.17) is 11.6 Å². The third-order valence-corrected chi connectivity index (χ3v) is 10.6. The number of aliphatic hydroxyl groups is 1. The molecule has 4 bridgehead atoms. The summed E-state index contributed by atoms with van der Waals surface area (Å²) in [6.07, 6.45) is 5.79. The van der Waals surface area contributed by atoms with E-state index in [1.807, 2.05) is 0 Å². The molecule has 0 aliphatic heterocycles. The van der Waals surface area contributed by atoms with Crippen molar-refractivity contribution >= 4 is 27.4 Å². The lowest BCUT2D eigenvalue weighted by Gasteiger charge is -2.60. The minimum atomic E-state index is -3.89. The summed E-state index contributed by atoms with van der Waals surface area (Å²) in [5.41, 5.74) is -1.54.